The largest absolute Gasteiger partial charge is 0.491 e. The van der Waals surface area contributed by atoms with E-state index in [1.807, 2.05) is 36.4 Å². The molecular formula is C25H33N3OS. The van der Waals surface area contributed by atoms with Crippen LogP contribution in [0, 0.1) is 5.41 Å². The van der Waals surface area contributed by atoms with E-state index < -0.39 is 0 Å². The SMILES string of the molecule is C[C@@H](c1ccccc1)N1C(=S)NC(=N[C@@H](COc2ccccc2)C(C)(C)C)C1(C)C. The van der Waals surface area contributed by atoms with Crippen molar-refractivity contribution in [2.24, 2.45) is 10.4 Å². The molecule has 3 rings (SSSR count). The summed E-state index contributed by atoms with van der Waals surface area (Å²) >= 11 is 5.73. The number of hydrogen-bond donors (Lipinski definition) is 1. The number of para-hydroxylation sites is 1. The minimum Gasteiger partial charge on any atom is -0.491 e. The van der Waals surface area contributed by atoms with Gasteiger partial charge in [-0.2, -0.15) is 0 Å². The second-order valence-electron chi connectivity index (χ2n) is 9.43. The Bertz CT molecular complexity index is 888. The molecule has 0 radical (unpaired) electrons. The third-order valence-electron chi connectivity index (χ3n) is 5.73. The zero-order chi connectivity index (χ0) is 21.9. The Hall–Kier alpha value is -2.40. The third kappa shape index (κ3) is 4.84. The van der Waals surface area contributed by atoms with Crippen LogP contribution in [0.2, 0.25) is 0 Å². The molecule has 1 fully saturated rings. The van der Waals surface area contributed by atoms with Crippen LogP contribution in [0.3, 0.4) is 0 Å². The number of amidine groups is 1. The molecule has 30 heavy (non-hydrogen) atoms. The molecule has 0 spiro atoms. The molecule has 0 aliphatic carbocycles. The average Bonchev–Trinajstić information content (AvgIpc) is 2.93. The van der Waals surface area contributed by atoms with E-state index in [0.717, 1.165) is 11.6 Å². The highest BCUT2D eigenvalue weighted by molar-refractivity contribution is 7.80. The van der Waals surface area contributed by atoms with Crippen LogP contribution in [-0.4, -0.2) is 34.0 Å². The molecule has 1 aliphatic rings. The summed E-state index contributed by atoms with van der Waals surface area (Å²) < 4.78 is 6.06. The Kier molecular flexibility index (Phi) is 6.51. The standard InChI is InChI=1S/C25H33N3OS/c1-18(19-13-9-7-10-14-19)28-23(30)27-22(25(28,5)6)26-21(24(2,3)4)17-29-20-15-11-8-12-16-20/h7-16,18,21H,17H2,1-6H3,(H,26,27,30)/t18-,21-/m0/s1. The number of hydrogen-bond acceptors (Lipinski definition) is 3. The number of rotatable bonds is 6. The number of nitrogens with zero attached hydrogens (tertiary/aromatic N) is 2. The highest BCUT2D eigenvalue weighted by atomic mass is 32.1. The van der Waals surface area contributed by atoms with E-state index in [9.17, 15) is 0 Å². The van der Waals surface area contributed by atoms with Crippen molar-refractivity contribution < 1.29 is 4.74 Å². The van der Waals surface area contributed by atoms with Crippen LogP contribution < -0.4 is 10.1 Å². The quantitative estimate of drug-likeness (QED) is 0.613. The van der Waals surface area contributed by atoms with Gasteiger partial charge in [0.25, 0.3) is 0 Å². The van der Waals surface area contributed by atoms with Crippen LogP contribution in [0.25, 0.3) is 0 Å². The van der Waals surface area contributed by atoms with Gasteiger partial charge in [-0.3, -0.25) is 4.99 Å². The first kappa shape index (κ1) is 22.3. The maximum absolute atomic E-state index is 6.06. The van der Waals surface area contributed by atoms with Crippen molar-refractivity contribution in [3.05, 3.63) is 66.2 Å². The number of ether oxygens (including phenoxy) is 1. The minimum atomic E-state index is -0.345. The maximum atomic E-state index is 6.06. The van der Waals surface area contributed by atoms with E-state index in [1.165, 1.54) is 5.56 Å². The lowest BCUT2D eigenvalue weighted by molar-refractivity contribution is 0.203. The molecule has 0 aromatic heterocycles. The molecule has 2 aromatic rings. The van der Waals surface area contributed by atoms with Crippen LogP contribution in [0.1, 0.15) is 53.1 Å². The molecule has 1 heterocycles. The van der Waals surface area contributed by atoms with E-state index in [-0.39, 0.29) is 23.0 Å². The topological polar surface area (TPSA) is 36.9 Å². The van der Waals surface area contributed by atoms with Crippen LogP contribution in [0.5, 0.6) is 5.75 Å². The molecular weight excluding hydrogens is 390 g/mol. The van der Waals surface area contributed by atoms with Crippen LogP contribution >= 0.6 is 12.2 Å². The van der Waals surface area contributed by atoms with E-state index >= 15 is 0 Å². The van der Waals surface area contributed by atoms with Crippen molar-refractivity contribution in [3.63, 3.8) is 0 Å². The summed E-state index contributed by atoms with van der Waals surface area (Å²) in [4.78, 5) is 7.39. The first-order valence-corrected chi connectivity index (χ1v) is 10.9. The Morgan fingerprint density at radius 1 is 1.03 bits per heavy atom. The summed E-state index contributed by atoms with van der Waals surface area (Å²) in [7, 11) is 0. The number of thiocarbonyl (C=S) groups is 1. The number of nitrogens with one attached hydrogen (secondary N) is 1. The third-order valence-corrected chi connectivity index (χ3v) is 6.03. The van der Waals surface area contributed by atoms with Gasteiger partial charge in [-0.05, 0) is 56.1 Å². The number of aliphatic imine (C=N–C) groups is 1. The molecule has 1 N–H and O–H groups in total. The molecule has 1 aliphatic heterocycles. The van der Waals surface area contributed by atoms with Crippen molar-refractivity contribution in [3.8, 4) is 5.75 Å². The van der Waals surface area contributed by atoms with Crippen LogP contribution in [-0.2, 0) is 0 Å². The lowest BCUT2D eigenvalue weighted by atomic mass is 9.87. The first-order chi connectivity index (χ1) is 14.1. The summed E-state index contributed by atoms with van der Waals surface area (Å²) in [5, 5.41) is 4.11. The lowest BCUT2D eigenvalue weighted by Crippen LogP contribution is -2.46. The normalized spacial score (nSPS) is 19.5. The van der Waals surface area contributed by atoms with Crippen molar-refractivity contribution >= 4 is 23.2 Å². The highest BCUT2D eigenvalue weighted by Gasteiger charge is 2.45. The van der Waals surface area contributed by atoms with Gasteiger partial charge in [0.1, 0.15) is 18.2 Å². The fraction of sp³-hybridized carbons (Fsp3) is 0.440. The molecule has 0 amide bonds. The zero-order valence-corrected chi connectivity index (χ0v) is 19.7. The monoisotopic (exact) mass is 423 g/mol. The van der Waals surface area contributed by atoms with Crippen molar-refractivity contribution in [1.82, 2.24) is 10.2 Å². The Morgan fingerprint density at radius 2 is 1.60 bits per heavy atom. The fourth-order valence-electron chi connectivity index (χ4n) is 3.74. The predicted molar refractivity (Wildman–Crippen MR) is 129 cm³/mol. The van der Waals surface area contributed by atoms with Gasteiger partial charge in [0, 0.05) is 0 Å². The van der Waals surface area contributed by atoms with E-state index in [2.05, 4.69) is 76.0 Å². The Labute approximate surface area is 186 Å². The van der Waals surface area contributed by atoms with Crippen molar-refractivity contribution in [1.29, 1.82) is 0 Å². The molecule has 0 unspecified atom stereocenters. The first-order valence-electron chi connectivity index (χ1n) is 10.5. The van der Waals surface area contributed by atoms with Gasteiger partial charge in [0.15, 0.2) is 5.11 Å². The lowest BCUT2D eigenvalue weighted by Gasteiger charge is -2.37. The number of benzene rings is 2. The highest BCUT2D eigenvalue weighted by Crippen LogP contribution is 2.34. The maximum Gasteiger partial charge on any atom is 0.175 e. The van der Waals surface area contributed by atoms with Gasteiger partial charge < -0.3 is 15.0 Å². The van der Waals surface area contributed by atoms with E-state index in [1.54, 1.807) is 0 Å². The van der Waals surface area contributed by atoms with Gasteiger partial charge in [0.05, 0.1) is 17.6 Å². The second kappa shape index (κ2) is 8.76. The molecule has 160 valence electrons. The molecule has 2 atom stereocenters. The van der Waals surface area contributed by atoms with Crippen LogP contribution in [0.15, 0.2) is 65.7 Å². The predicted octanol–water partition coefficient (Wildman–Crippen LogP) is 5.61. The molecule has 0 bridgehead atoms. The van der Waals surface area contributed by atoms with Gasteiger partial charge >= 0.3 is 0 Å². The molecule has 2 aromatic carbocycles. The van der Waals surface area contributed by atoms with Gasteiger partial charge in [-0.25, -0.2) is 0 Å². The second-order valence-corrected chi connectivity index (χ2v) is 9.82. The molecule has 5 heteroatoms. The molecule has 4 nitrogen and oxygen atoms in total. The molecule has 1 saturated heterocycles. The molecule has 0 saturated carbocycles. The summed E-state index contributed by atoms with van der Waals surface area (Å²) in [6.07, 6.45) is 0. The van der Waals surface area contributed by atoms with Gasteiger partial charge in [-0.15, -0.1) is 0 Å². The smallest absolute Gasteiger partial charge is 0.175 e. The summed E-state index contributed by atoms with van der Waals surface area (Å²) in [6.45, 7) is 13.6. The van der Waals surface area contributed by atoms with E-state index in [0.29, 0.717) is 11.7 Å². The van der Waals surface area contributed by atoms with Gasteiger partial charge in [0.2, 0.25) is 0 Å². The average molecular weight is 424 g/mol. The van der Waals surface area contributed by atoms with Crippen molar-refractivity contribution in [2.75, 3.05) is 6.61 Å². The van der Waals surface area contributed by atoms with Crippen LogP contribution in [0.4, 0.5) is 0 Å². The van der Waals surface area contributed by atoms with Crippen molar-refractivity contribution in [2.45, 2.75) is 59.2 Å². The fourth-order valence-corrected chi connectivity index (χ4v) is 4.22. The van der Waals surface area contributed by atoms with Gasteiger partial charge in [-0.1, -0.05) is 69.3 Å². The summed E-state index contributed by atoms with van der Waals surface area (Å²) in [5.41, 5.74) is 0.832. The zero-order valence-electron chi connectivity index (χ0n) is 18.8. The Morgan fingerprint density at radius 3 is 2.17 bits per heavy atom. The Balaban J connectivity index is 1.85. The summed E-state index contributed by atoms with van der Waals surface area (Å²) in [6, 6.07) is 20.5. The summed E-state index contributed by atoms with van der Waals surface area (Å²) in [5.74, 6) is 1.76. The van der Waals surface area contributed by atoms with E-state index in [4.69, 9.17) is 21.9 Å². The minimum absolute atomic E-state index is 0.0192.